The Bertz CT molecular complexity index is 271. The van der Waals surface area contributed by atoms with Crippen molar-refractivity contribution in [2.45, 2.75) is 25.7 Å². The first-order valence-electron chi connectivity index (χ1n) is 4.66. The zero-order valence-corrected chi connectivity index (χ0v) is 9.20. The van der Waals surface area contributed by atoms with E-state index in [4.69, 9.17) is 14.4 Å². The molecule has 15 heavy (non-hydrogen) atoms. The molecule has 0 rings (SSSR count). The summed E-state index contributed by atoms with van der Waals surface area (Å²) in [5, 5.41) is 8.32. The first-order chi connectivity index (χ1) is 6.92. The smallest absolute Gasteiger partial charge is 0.303 e. The number of hydrogen-bond donors (Lipinski definition) is 2. The second-order valence-corrected chi connectivity index (χ2v) is 4.67. The predicted molar refractivity (Wildman–Crippen MR) is 53.3 cm³/mol. The van der Waals surface area contributed by atoms with Crippen LogP contribution in [0.1, 0.15) is 25.7 Å². The maximum absolute atomic E-state index is 10.3. The predicted octanol–water partition coefficient (Wildman–Crippen LogP) is 0.536. The van der Waals surface area contributed by atoms with Crippen molar-refractivity contribution in [1.29, 1.82) is 0 Å². The van der Waals surface area contributed by atoms with Crippen LogP contribution in [0.3, 0.4) is 0 Å². The van der Waals surface area contributed by atoms with E-state index in [-0.39, 0.29) is 13.0 Å². The van der Waals surface area contributed by atoms with Gasteiger partial charge in [-0.3, -0.25) is 9.35 Å². The normalized spacial score (nSPS) is 11.5. The summed E-state index contributed by atoms with van der Waals surface area (Å²) in [6.07, 6.45) is 2.17. The molecule has 0 heterocycles. The topological polar surface area (TPSA) is 101 Å². The summed E-state index contributed by atoms with van der Waals surface area (Å²) >= 11 is 0. The second kappa shape index (κ2) is 7.61. The highest BCUT2D eigenvalue weighted by atomic mass is 32.2. The second-order valence-electron chi connectivity index (χ2n) is 3.10. The van der Waals surface area contributed by atoms with Gasteiger partial charge in [0.25, 0.3) is 10.1 Å². The van der Waals surface area contributed by atoms with Crippen LogP contribution in [0.2, 0.25) is 0 Å². The van der Waals surface area contributed by atoms with Crippen molar-refractivity contribution in [3.05, 3.63) is 0 Å². The van der Waals surface area contributed by atoms with Crippen molar-refractivity contribution in [1.82, 2.24) is 0 Å². The molecule has 0 unspecified atom stereocenters. The zero-order chi connectivity index (χ0) is 11.7. The number of ether oxygens (including phenoxy) is 1. The van der Waals surface area contributed by atoms with E-state index in [0.29, 0.717) is 19.4 Å². The first-order valence-corrected chi connectivity index (χ1v) is 6.27. The van der Waals surface area contributed by atoms with Crippen LogP contribution in [-0.2, 0) is 19.6 Å². The Labute approximate surface area is 89.0 Å². The summed E-state index contributed by atoms with van der Waals surface area (Å²) in [6, 6.07) is 0. The van der Waals surface area contributed by atoms with Gasteiger partial charge in [-0.1, -0.05) is 6.42 Å². The highest BCUT2D eigenvalue weighted by molar-refractivity contribution is 7.85. The third-order valence-electron chi connectivity index (χ3n) is 1.66. The van der Waals surface area contributed by atoms with Crippen LogP contribution < -0.4 is 0 Å². The molecule has 0 aromatic carbocycles. The van der Waals surface area contributed by atoms with Gasteiger partial charge in [0.05, 0.1) is 12.4 Å². The maximum atomic E-state index is 10.3. The lowest BCUT2D eigenvalue weighted by molar-refractivity contribution is -0.137. The molecule has 0 bridgehead atoms. The molecule has 90 valence electrons. The minimum Gasteiger partial charge on any atom is -0.481 e. The first kappa shape index (κ1) is 14.3. The molecule has 0 aromatic heterocycles. The van der Waals surface area contributed by atoms with Crippen molar-refractivity contribution >= 4 is 16.1 Å². The Morgan fingerprint density at radius 2 is 1.80 bits per heavy atom. The van der Waals surface area contributed by atoms with Gasteiger partial charge in [-0.25, -0.2) is 0 Å². The van der Waals surface area contributed by atoms with E-state index in [2.05, 4.69) is 0 Å². The number of rotatable bonds is 9. The highest BCUT2D eigenvalue weighted by Gasteiger charge is 2.03. The van der Waals surface area contributed by atoms with E-state index in [1.54, 1.807) is 0 Å². The average molecular weight is 240 g/mol. The number of carboxylic acid groups (broad SMARTS) is 1. The van der Waals surface area contributed by atoms with Crippen molar-refractivity contribution in [3.8, 4) is 0 Å². The average Bonchev–Trinajstić information content (AvgIpc) is 2.07. The molecule has 6 nitrogen and oxygen atoms in total. The number of aliphatic carboxylic acids is 1. The fraction of sp³-hybridized carbons (Fsp3) is 0.875. The lowest BCUT2D eigenvalue weighted by Gasteiger charge is -2.02. The Balaban J connectivity index is 3.16. The third kappa shape index (κ3) is 13.3. The summed E-state index contributed by atoms with van der Waals surface area (Å²) in [6.45, 7) is 0.354. The molecule has 0 aliphatic rings. The van der Waals surface area contributed by atoms with Gasteiger partial charge in [0.1, 0.15) is 0 Å². The number of hydrogen-bond acceptors (Lipinski definition) is 4. The van der Waals surface area contributed by atoms with E-state index in [1.807, 2.05) is 0 Å². The molecule has 0 aliphatic carbocycles. The fourth-order valence-electron chi connectivity index (χ4n) is 0.923. The van der Waals surface area contributed by atoms with Crippen molar-refractivity contribution in [2.24, 2.45) is 0 Å². The summed E-state index contributed by atoms with van der Waals surface area (Å²) < 4.78 is 33.8. The number of carboxylic acids is 1. The Morgan fingerprint density at radius 3 is 2.33 bits per heavy atom. The Hall–Kier alpha value is -0.660. The molecule has 0 aliphatic heterocycles. The van der Waals surface area contributed by atoms with Crippen LogP contribution in [-0.4, -0.2) is 43.0 Å². The van der Waals surface area contributed by atoms with E-state index in [9.17, 15) is 13.2 Å². The molecule has 0 saturated heterocycles. The molecule has 0 saturated carbocycles. The summed E-state index contributed by atoms with van der Waals surface area (Å²) in [4.78, 5) is 10.1. The monoisotopic (exact) mass is 240 g/mol. The maximum Gasteiger partial charge on any atom is 0.303 e. The van der Waals surface area contributed by atoms with Gasteiger partial charge >= 0.3 is 5.97 Å². The van der Waals surface area contributed by atoms with Gasteiger partial charge in [-0.05, 0) is 12.8 Å². The number of unbranched alkanes of at least 4 members (excludes halogenated alkanes) is 2. The minimum absolute atomic E-state index is 0.0300. The standard InChI is InChI=1S/C8H16O6S/c9-8(10)4-2-1-3-5-14-6-7-15(11,12)13/h1-7H2,(H,9,10)(H,11,12,13). The Kier molecular flexibility index (Phi) is 7.27. The van der Waals surface area contributed by atoms with Gasteiger partial charge in [-0.2, -0.15) is 8.42 Å². The molecule has 2 N–H and O–H groups in total. The molecular formula is C8H16O6S. The van der Waals surface area contributed by atoms with Crippen LogP contribution in [0.25, 0.3) is 0 Å². The molecular weight excluding hydrogens is 224 g/mol. The van der Waals surface area contributed by atoms with Crippen LogP contribution in [0.15, 0.2) is 0 Å². The molecule has 0 aromatic rings. The van der Waals surface area contributed by atoms with E-state index in [0.717, 1.165) is 6.42 Å². The van der Waals surface area contributed by atoms with E-state index in [1.165, 1.54) is 0 Å². The van der Waals surface area contributed by atoms with Gasteiger partial charge in [0.15, 0.2) is 0 Å². The van der Waals surface area contributed by atoms with Crippen LogP contribution in [0.5, 0.6) is 0 Å². The lowest BCUT2D eigenvalue weighted by Crippen LogP contribution is -2.11. The summed E-state index contributed by atoms with van der Waals surface area (Å²) in [5.74, 6) is -1.22. The van der Waals surface area contributed by atoms with E-state index >= 15 is 0 Å². The third-order valence-corrected chi connectivity index (χ3v) is 2.35. The van der Waals surface area contributed by atoms with Crippen LogP contribution >= 0.6 is 0 Å². The summed E-state index contributed by atoms with van der Waals surface area (Å²) in [5.41, 5.74) is 0. The molecule has 0 atom stereocenters. The van der Waals surface area contributed by atoms with Crippen molar-refractivity contribution in [2.75, 3.05) is 19.0 Å². The molecule has 0 radical (unpaired) electrons. The van der Waals surface area contributed by atoms with E-state index < -0.39 is 21.8 Å². The minimum atomic E-state index is -3.94. The summed E-state index contributed by atoms with van der Waals surface area (Å²) in [7, 11) is -3.94. The van der Waals surface area contributed by atoms with Crippen LogP contribution in [0, 0.1) is 0 Å². The highest BCUT2D eigenvalue weighted by Crippen LogP contribution is 1.99. The van der Waals surface area contributed by atoms with Gasteiger partial charge in [-0.15, -0.1) is 0 Å². The quantitative estimate of drug-likeness (QED) is 0.450. The molecule has 0 amide bonds. The van der Waals surface area contributed by atoms with Crippen molar-refractivity contribution in [3.63, 3.8) is 0 Å². The fourth-order valence-corrected chi connectivity index (χ4v) is 1.25. The van der Waals surface area contributed by atoms with Gasteiger partial charge in [0.2, 0.25) is 0 Å². The number of carbonyl (C=O) groups is 1. The van der Waals surface area contributed by atoms with Crippen LogP contribution in [0.4, 0.5) is 0 Å². The zero-order valence-electron chi connectivity index (χ0n) is 8.39. The SMILES string of the molecule is O=C(O)CCCCCOCCS(=O)(=O)O. The lowest BCUT2D eigenvalue weighted by atomic mass is 10.2. The molecule has 7 heteroatoms. The molecule has 0 spiro atoms. The Morgan fingerprint density at radius 1 is 1.13 bits per heavy atom. The van der Waals surface area contributed by atoms with Crippen molar-refractivity contribution < 1.29 is 27.6 Å². The largest absolute Gasteiger partial charge is 0.481 e. The van der Waals surface area contributed by atoms with Gasteiger partial charge < -0.3 is 9.84 Å². The van der Waals surface area contributed by atoms with Gasteiger partial charge in [0, 0.05) is 13.0 Å². The molecule has 0 fully saturated rings.